The second-order valence-electron chi connectivity index (χ2n) is 7.24. The number of aromatic nitrogens is 2. The molecule has 4 nitrogen and oxygen atoms in total. The largest absolute Gasteiger partial charge is 0.352 e. The number of carbonyl (C=O) groups is 1. The van der Waals surface area contributed by atoms with Crippen LogP contribution in [0.15, 0.2) is 78.9 Å². The predicted molar refractivity (Wildman–Crippen MR) is 117 cm³/mol. The second kappa shape index (κ2) is 9.35. The Bertz CT molecular complexity index is 1140. The lowest BCUT2D eigenvalue weighted by atomic mass is 10.1. The summed E-state index contributed by atoms with van der Waals surface area (Å²) >= 11 is 0. The van der Waals surface area contributed by atoms with Crippen LogP contribution in [0, 0.1) is 5.82 Å². The van der Waals surface area contributed by atoms with Crippen LogP contribution in [-0.4, -0.2) is 22.0 Å². The van der Waals surface area contributed by atoms with E-state index in [1.807, 2.05) is 24.3 Å². The van der Waals surface area contributed by atoms with Gasteiger partial charge in [-0.15, -0.1) is 0 Å². The van der Waals surface area contributed by atoms with Crippen molar-refractivity contribution in [2.75, 3.05) is 6.54 Å². The van der Waals surface area contributed by atoms with Crippen molar-refractivity contribution in [3.05, 3.63) is 102 Å². The summed E-state index contributed by atoms with van der Waals surface area (Å²) in [6.07, 6.45) is 2.40. The van der Waals surface area contributed by atoms with Gasteiger partial charge < -0.3 is 9.88 Å². The normalized spacial score (nSPS) is 11.0. The molecule has 0 aliphatic rings. The molecule has 0 unspecified atom stereocenters. The van der Waals surface area contributed by atoms with Gasteiger partial charge >= 0.3 is 0 Å². The summed E-state index contributed by atoms with van der Waals surface area (Å²) in [5, 5.41) is 2.81. The zero-order chi connectivity index (χ0) is 20.8. The van der Waals surface area contributed by atoms with Crippen molar-refractivity contribution in [2.24, 2.45) is 0 Å². The summed E-state index contributed by atoms with van der Waals surface area (Å²) in [6, 6.07) is 24.6. The Labute approximate surface area is 175 Å². The number of carbonyl (C=O) groups excluding carboxylic acids is 1. The molecule has 1 N–H and O–H groups in total. The maximum Gasteiger partial charge on any atom is 0.254 e. The Morgan fingerprint density at radius 2 is 1.63 bits per heavy atom. The Balaban J connectivity index is 1.41. The number of fused-ring (bicyclic) bond motifs is 1. The molecule has 0 radical (unpaired) electrons. The fraction of sp³-hybridized carbons (Fsp3) is 0.200. The van der Waals surface area contributed by atoms with Gasteiger partial charge in [-0.3, -0.25) is 4.79 Å². The van der Waals surface area contributed by atoms with Gasteiger partial charge in [0.05, 0.1) is 16.6 Å². The molecule has 4 rings (SSSR count). The number of imidazole rings is 1. The lowest BCUT2D eigenvalue weighted by Gasteiger charge is -2.10. The second-order valence-corrected chi connectivity index (χ2v) is 7.24. The first-order valence-electron chi connectivity index (χ1n) is 10.2. The zero-order valence-electron chi connectivity index (χ0n) is 16.7. The number of hydrogen-bond donors (Lipinski definition) is 1. The topological polar surface area (TPSA) is 46.9 Å². The molecule has 0 aliphatic carbocycles. The van der Waals surface area contributed by atoms with E-state index in [9.17, 15) is 9.18 Å². The quantitative estimate of drug-likeness (QED) is 0.432. The lowest BCUT2D eigenvalue weighted by Crippen LogP contribution is -2.25. The van der Waals surface area contributed by atoms with Crippen LogP contribution >= 0.6 is 0 Å². The molecule has 1 aromatic heterocycles. The molecule has 4 aromatic rings. The van der Waals surface area contributed by atoms with E-state index in [0.717, 1.165) is 42.7 Å². The highest BCUT2D eigenvalue weighted by molar-refractivity contribution is 5.94. The highest BCUT2D eigenvalue weighted by Crippen LogP contribution is 2.18. The minimum Gasteiger partial charge on any atom is -0.352 e. The van der Waals surface area contributed by atoms with E-state index in [1.165, 1.54) is 17.7 Å². The Morgan fingerprint density at radius 1 is 0.900 bits per heavy atom. The Morgan fingerprint density at radius 3 is 2.47 bits per heavy atom. The van der Waals surface area contributed by atoms with Gasteiger partial charge in [-0.1, -0.05) is 54.6 Å². The minimum absolute atomic E-state index is 0.0765. The molecule has 5 heteroatoms. The van der Waals surface area contributed by atoms with Crippen molar-refractivity contribution in [1.29, 1.82) is 0 Å². The van der Waals surface area contributed by atoms with E-state index in [4.69, 9.17) is 4.98 Å². The van der Waals surface area contributed by atoms with Crippen LogP contribution in [0.25, 0.3) is 11.0 Å². The number of para-hydroxylation sites is 2. The first kappa shape index (κ1) is 19.8. The minimum atomic E-state index is -0.502. The summed E-state index contributed by atoms with van der Waals surface area (Å²) in [5.41, 5.74) is 3.47. The van der Waals surface area contributed by atoms with Crippen molar-refractivity contribution in [3.8, 4) is 0 Å². The van der Waals surface area contributed by atoms with E-state index in [0.29, 0.717) is 6.54 Å². The van der Waals surface area contributed by atoms with Gasteiger partial charge in [0.15, 0.2) is 0 Å². The molecule has 1 amide bonds. The molecule has 0 aliphatic heterocycles. The highest BCUT2D eigenvalue weighted by atomic mass is 19.1. The van der Waals surface area contributed by atoms with Gasteiger partial charge in [-0.05, 0) is 42.7 Å². The van der Waals surface area contributed by atoms with E-state index in [-0.39, 0.29) is 11.5 Å². The number of benzene rings is 3. The molecule has 152 valence electrons. The van der Waals surface area contributed by atoms with Crippen molar-refractivity contribution in [2.45, 2.75) is 25.8 Å². The fourth-order valence-electron chi connectivity index (χ4n) is 3.64. The molecule has 0 fully saturated rings. The van der Waals surface area contributed by atoms with E-state index in [1.54, 1.807) is 12.1 Å². The number of amides is 1. The molecule has 0 atom stereocenters. The number of halogens is 1. The monoisotopic (exact) mass is 401 g/mol. The van der Waals surface area contributed by atoms with Crippen LogP contribution < -0.4 is 5.32 Å². The Kier molecular flexibility index (Phi) is 6.18. The fourth-order valence-corrected chi connectivity index (χ4v) is 3.64. The average Bonchev–Trinajstić information content (AvgIpc) is 3.13. The predicted octanol–water partition coefficient (Wildman–Crippen LogP) is 4.78. The number of rotatable bonds is 8. The third kappa shape index (κ3) is 4.57. The molecular formula is C25H24FN3O. The highest BCUT2D eigenvalue weighted by Gasteiger charge is 2.12. The van der Waals surface area contributed by atoms with Crippen LogP contribution in [0.4, 0.5) is 4.39 Å². The van der Waals surface area contributed by atoms with Crippen LogP contribution in [0.5, 0.6) is 0 Å². The van der Waals surface area contributed by atoms with E-state index >= 15 is 0 Å². The summed E-state index contributed by atoms with van der Waals surface area (Å²) in [7, 11) is 0. The number of nitrogens with one attached hydrogen (secondary N) is 1. The Hall–Kier alpha value is -3.47. The lowest BCUT2D eigenvalue weighted by molar-refractivity contribution is 0.0949. The molecule has 0 bridgehead atoms. The third-order valence-electron chi connectivity index (χ3n) is 5.18. The molecule has 3 aromatic carbocycles. The molecule has 1 heterocycles. The van der Waals surface area contributed by atoms with Gasteiger partial charge in [0, 0.05) is 19.5 Å². The summed E-state index contributed by atoms with van der Waals surface area (Å²) in [6.45, 7) is 1.32. The maximum atomic E-state index is 13.7. The van der Waals surface area contributed by atoms with Gasteiger partial charge in [0.1, 0.15) is 11.6 Å². The van der Waals surface area contributed by atoms with Crippen molar-refractivity contribution in [3.63, 3.8) is 0 Å². The van der Waals surface area contributed by atoms with Crippen molar-refractivity contribution >= 4 is 16.9 Å². The number of aryl methyl sites for hydroxylation is 3. The average molecular weight is 401 g/mol. The summed E-state index contributed by atoms with van der Waals surface area (Å²) < 4.78 is 16.0. The van der Waals surface area contributed by atoms with Crippen LogP contribution in [0.2, 0.25) is 0 Å². The van der Waals surface area contributed by atoms with Crippen molar-refractivity contribution < 1.29 is 9.18 Å². The molecule has 0 saturated heterocycles. The molecule has 30 heavy (non-hydrogen) atoms. The van der Waals surface area contributed by atoms with Gasteiger partial charge in [0.2, 0.25) is 0 Å². The zero-order valence-corrected chi connectivity index (χ0v) is 16.7. The smallest absolute Gasteiger partial charge is 0.254 e. The van der Waals surface area contributed by atoms with E-state index < -0.39 is 5.82 Å². The first-order valence-corrected chi connectivity index (χ1v) is 10.2. The van der Waals surface area contributed by atoms with Gasteiger partial charge in [0.25, 0.3) is 5.91 Å². The van der Waals surface area contributed by atoms with Crippen LogP contribution in [0.1, 0.15) is 28.2 Å². The SMILES string of the molecule is O=C(NCCCc1nc2ccccc2n1CCc1ccccc1)c1ccccc1F. The molecular weight excluding hydrogens is 377 g/mol. The standard InChI is InChI=1S/C25H24FN3O/c26-21-12-5-4-11-20(21)25(30)27-17-8-15-24-28-22-13-6-7-14-23(22)29(24)18-16-19-9-2-1-3-10-19/h1-7,9-14H,8,15-18H2,(H,27,30). The first-order chi connectivity index (χ1) is 14.7. The van der Waals surface area contributed by atoms with E-state index in [2.05, 4.69) is 40.2 Å². The number of nitrogens with zero attached hydrogens (tertiary/aromatic N) is 2. The molecule has 0 spiro atoms. The summed E-state index contributed by atoms with van der Waals surface area (Å²) in [4.78, 5) is 17.0. The molecule has 0 saturated carbocycles. The third-order valence-corrected chi connectivity index (χ3v) is 5.18. The summed E-state index contributed by atoms with van der Waals surface area (Å²) in [5.74, 6) is 0.121. The number of hydrogen-bond acceptors (Lipinski definition) is 2. The van der Waals surface area contributed by atoms with Gasteiger partial charge in [-0.25, -0.2) is 9.37 Å². The van der Waals surface area contributed by atoms with Gasteiger partial charge in [-0.2, -0.15) is 0 Å². The van der Waals surface area contributed by atoms with Crippen molar-refractivity contribution in [1.82, 2.24) is 14.9 Å². The van der Waals surface area contributed by atoms with Crippen LogP contribution in [-0.2, 0) is 19.4 Å². The van der Waals surface area contributed by atoms with Crippen LogP contribution in [0.3, 0.4) is 0 Å². The maximum absolute atomic E-state index is 13.7.